The van der Waals surface area contributed by atoms with Crippen molar-refractivity contribution < 1.29 is 14.2 Å². The van der Waals surface area contributed by atoms with E-state index in [0.29, 0.717) is 78.9 Å². The number of methoxy groups -OCH3 is 2. The van der Waals surface area contributed by atoms with E-state index in [1.165, 1.54) is 12.7 Å². The van der Waals surface area contributed by atoms with Gasteiger partial charge in [-0.3, -0.25) is 0 Å². The standard InChI is InChI=1S/C30H33N9O2Si.C26H23N9O.CH4/c1-40-30-25(26(21-9-10-21)33-18-34-30)27-32-14-23-15-35-39(29(23)37-27)16-20-5-7-22(8-6-20)28-36-24(13-31)17-38(28)19-41-11-12-42(2,3)4;1-3-34-14-20(10-27)32-24(34)18-6-4-16(5-7-18)13-35-25-19(12-31-35)11-28-23(33-25)21-22(17-8-9-17)29-15-30-26(21)36-2;/h5-8,14-15,17-18,21H,9-12,16,19H2,1-4H3;4-7,11-12,14-15,17H,3,8-9,13H2,1-2H3;1H4. The third-order valence-electron chi connectivity index (χ3n) is 13.6. The third-order valence-corrected chi connectivity index (χ3v) is 15.3. The monoisotopic (exact) mass is 1070 g/mol. The van der Waals surface area contributed by atoms with Gasteiger partial charge in [0.2, 0.25) is 11.8 Å². The van der Waals surface area contributed by atoms with Gasteiger partial charge in [0, 0.05) is 69.0 Å². The number of ether oxygens (including phenoxy) is 3. The normalized spacial score (nSPS) is 13.1. The summed E-state index contributed by atoms with van der Waals surface area (Å²) in [6, 6.07) is 21.6. The molecular formula is C57H60N18O3Si. The number of nitrogens with zero attached hydrogens (tertiary/aromatic N) is 18. The second kappa shape index (κ2) is 22.8. The summed E-state index contributed by atoms with van der Waals surface area (Å²) in [5.41, 5.74) is 9.60. The minimum atomic E-state index is -1.18. The molecule has 2 aliphatic carbocycles. The van der Waals surface area contributed by atoms with Crippen LogP contribution in [0.2, 0.25) is 25.7 Å². The Morgan fingerprint density at radius 1 is 0.595 bits per heavy atom. The molecule has 0 unspecified atom stereocenters. The fourth-order valence-corrected chi connectivity index (χ4v) is 9.93. The minimum Gasteiger partial charge on any atom is -0.480 e. The van der Waals surface area contributed by atoms with Crippen molar-refractivity contribution in [1.82, 2.24) is 78.5 Å². The van der Waals surface area contributed by atoms with Gasteiger partial charge in [0.05, 0.1) is 61.9 Å². The van der Waals surface area contributed by atoms with Crippen LogP contribution < -0.4 is 9.47 Å². The molecule has 400 valence electrons. The average Bonchev–Trinajstić information content (AvgIpc) is 4.47. The number of rotatable bonds is 18. The average molecular weight is 1070 g/mol. The molecule has 8 heterocycles. The van der Waals surface area contributed by atoms with Crippen molar-refractivity contribution in [3.63, 3.8) is 0 Å². The van der Waals surface area contributed by atoms with Gasteiger partial charge in [-0.25, -0.2) is 59.2 Å². The Bertz CT molecular complexity index is 3880. The van der Waals surface area contributed by atoms with E-state index < -0.39 is 8.07 Å². The molecular weight excluding hydrogens is 1010 g/mol. The summed E-state index contributed by atoms with van der Waals surface area (Å²) in [7, 11) is 2.02. The second-order valence-corrected chi connectivity index (χ2v) is 26.1. The molecule has 0 amide bonds. The van der Waals surface area contributed by atoms with Crippen molar-refractivity contribution in [2.24, 2.45) is 0 Å². The molecule has 2 saturated carbocycles. The molecule has 0 atom stereocenters. The summed E-state index contributed by atoms with van der Waals surface area (Å²) in [5, 5.41) is 29.5. The molecule has 8 aromatic heterocycles. The van der Waals surface area contributed by atoms with E-state index in [-0.39, 0.29) is 7.43 Å². The predicted molar refractivity (Wildman–Crippen MR) is 299 cm³/mol. The molecule has 0 spiro atoms. The molecule has 2 aliphatic rings. The lowest BCUT2D eigenvalue weighted by molar-refractivity contribution is 0.0882. The molecule has 12 rings (SSSR count). The molecule has 2 fully saturated rings. The van der Waals surface area contributed by atoms with Crippen LogP contribution in [0.25, 0.3) is 67.6 Å². The maximum Gasteiger partial charge on any atom is 0.227 e. The highest BCUT2D eigenvalue weighted by atomic mass is 28.3. The summed E-state index contributed by atoms with van der Waals surface area (Å²) in [6.07, 6.45) is 18.1. The number of hydrogen-bond acceptors (Lipinski definition) is 17. The molecule has 2 aromatic carbocycles. The Labute approximate surface area is 458 Å². The van der Waals surface area contributed by atoms with Crippen molar-refractivity contribution >= 4 is 30.1 Å². The topological polar surface area (TPSA) is 250 Å². The molecule has 0 N–H and O–H groups in total. The predicted octanol–water partition coefficient (Wildman–Crippen LogP) is 9.87. The quantitative estimate of drug-likeness (QED) is 0.0572. The van der Waals surface area contributed by atoms with E-state index >= 15 is 0 Å². The lowest BCUT2D eigenvalue weighted by Crippen LogP contribution is -2.22. The van der Waals surface area contributed by atoms with Crippen molar-refractivity contribution in [2.45, 2.75) is 104 Å². The largest absolute Gasteiger partial charge is 0.480 e. The number of aromatic nitrogens is 16. The van der Waals surface area contributed by atoms with Crippen molar-refractivity contribution in [3.05, 3.63) is 132 Å². The van der Waals surface area contributed by atoms with Crippen LogP contribution in [0.1, 0.15) is 85.8 Å². The van der Waals surface area contributed by atoms with Gasteiger partial charge in [0.1, 0.15) is 54.3 Å². The highest BCUT2D eigenvalue weighted by Crippen LogP contribution is 2.46. The van der Waals surface area contributed by atoms with E-state index in [1.807, 2.05) is 74.0 Å². The van der Waals surface area contributed by atoms with Crippen LogP contribution in [0.4, 0.5) is 0 Å². The highest BCUT2D eigenvalue weighted by Gasteiger charge is 2.33. The van der Waals surface area contributed by atoms with Crippen molar-refractivity contribution in [2.75, 3.05) is 20.8 Å². The fraction of sp³-hybridized carbons (Fsp3) is 0.333. The zero-order chi connectivity index (χ0) is 53.9. The molecule has 0 aliphatic heterocycles. The van der Waals surface area contributed by atoms with Gasteiger partial charge in [-0.1, -0.05) is 75.6 Å². The Kier molecular flexibility index (Phi) is 15.4. The summed E-state index contributed by atoms with van der Waals surface area (Å²) < 4.78 is 24.6. The Morgan fingerprint density at radius 3 is 1.47 bits per heavy atom. The number of nitriles is 2. The van der Waals surface area contributed by atoms with Crippen LogP contribution >= 0.6 is 0 Å². The molecule has 0 saturated heterocycles. The molecule has 22 heteroatoms. The van der Waals surface area contributed by atoms with Gasteiger partial charge in [-0.2, -0.15) is 20.7 Å². The van der Waals surface area contributed by atoms with Crippen LogP contribution in [0.15, 0.2) is 98.4 Å². The van der Waals surface area contributed by atoms with Crippen LogP contribution in [-0.4, -0.2) is 107 Å². The van der Waals surface area contributed by atoms with Gasteiger partial charge in [-0.15, -0.1) is 0 Å². The lowest BCUT2D eigenvalue weighted by Gasteiger charge is -2.16. The first-order chi connectivity index (χ1) is 38.0. The van der Waals surface area contributed by atoms with Crippen molar-refractivity contribution in [3.8, 4) is 69.4 Å². The summed E-state index contributed by atoms with van der Waals surface area (Å²) in [6.45, 7) is 11.9. The number of aryl methyl sites for hydroxylation is 1. The molecule has 21 nitrogen and oxygen atoms in total. The first kappa shape index (κ1) is 53.3. The van der Waals surface area contributed by atoms with E-state index in [0.717, 1.165) is 111 Å². The Hall–Kier alpha value is -9.12. The zero-order valence-corrected chi connectivity index (χ0v) is 45.2. The molecule has 0 radical (unpaired) electrons. The molecule has 0 bridgehead atoms. The van der Waals surface area contributed by atoms with Gasteiger partial charge in [0.25, 0.3) is 0 Å². The fourth-order valence-electron chi connectivity index (χ4n) is 9.18. The zero-order valence-electron chi connectivity index (χ0n) is 44.2. The summed E-state index contributed by atoms with van der Waals surface area (Å²) in [4.78, 5) is 45.6. The van der Waals surface area contributed by atoms with E-state index in [2.05, 4.69) is 81.8 Å². The Balaban J connectivity index is 0.000000178. The van der Waals surface area contributed by atoms with Crippen LogP contribution in [0.3, 0.4) is 0 Å². The number of imidazole rings is 2. The third kappa shape index (κ3) is 11.6. The smallest absolute Gasteiger partial charge is 0.227 e. The van der Waals surface area contributed by atoms with E-state index in [4.69, 9.17) is 24.2 Å². The lowest BCUT2D eigenvalue weighted by atomic mass is 10.1. The Morgan fingerprint density at radius 2 is 1.05 bits per heavy atom. The van der Waals surface area contributed by atoms with Gasteiger partial charge >= 0.3 is 0 Å². The van der Waals surface area contributed by atoms with Crippen LogP contribution in [-0.2, 0) is 31.1 Å². The SMILES string of the molecule is C.CCn1cc(C#N)nc1-c1ccc(Cn2ncc3cnc(-c4c(OC)ncnc4C4CC4)nc32)cc1.COc1ncnc(C2CC2)c1-c1ncc2cnn(Cc3ccc(-c4nc(C#N)cn4COCC[Si](C)(C)C)cc3)c2n1. The molecule has 10 aromatic rings. The van der Waals surface area contributed by atoms with E-state index in [1.54, 1.807) is 51.4 Å². The number of hydrogen-bond donors (Lipinski definition) is 0. The summed E-state index contributed by atoms with van der Waals surface area (Å²) >= 11 is 0. The van der Waals surface area contributed by atoms with Gasteiger partial charge < -0.3 is 23.3 Å². The highest BCUT2D eigenvalue weighted by molar-refractivity contribution is 6.76. The first-order valence-electron chi connectivity index (χ1n) is 25.9. The van der Waals surface area contributed by atoms with Crippen LogP contribution in [0, 0.1) is 22.7 Å². The van der Waals surface area contributed by atoms with E-state index in [9.17, 15) is 10.5 Å². The van der Waals surface area contributed by atoms with Crippen LogP contribution in [0.5, 0.6) is 11.8 Å². The van der Waals surface area contributed by atoms with Gasteiger partial charge in [0.15, 0.2) is 34.3 Å². The second-order valence-electron chi connectivity index (χ2n) is 20.5. The first-order valence-corrected chi connectivity index (χ1v) is 29.6. The molecule has 79 heavy (non-hydrogen) atoms. The van der Waals surface area contributed by atoms with Gasteiger partial charge in [-0.05, 0) is 49.8 Å². The summed E-state index contributed by atoms with van der Waals surface area (Å²) in [5.74, 6) is 4.31. The minimum absolute atomic E-state index is 0. The maximum atomic E-state index is 9.45. The van der Waals surface area contributed by atoms with Crippen molar-refractivity contribution in [1.29, 1.82) is 10.5 Å². The number of benzene rings is 2. The maximum absolute atomic E-state index is 9.45. The number of fused-ring (bicyclic) bond motifs is 2.